The molecule has 3 aromatic carbocycles. The van der Waals surface area contributed by atoms with Gasteiger partial charge in [-0.05, 0) is 42.0 Å². The second-order valence-corrected chi connectivity index (χ2v) is 10.7. The van der Waals surface area contributed by atoms with Crippen LogP contribution in [0.2, 0.25) is 0 Å². The molecule has 33 heavy (non-hydrogen) atoms. The van der Waals surface area contributed by atoms with E-state index in [-0.39, 0.29) is 17.1 Å². The van der Waals surface area contributed by atoms with Gasteiger partial charge in [-0.2, -0.15) is 0 Å². The molecular weight excluding hydrogens is 472 g/mol. The number of rotatable bonds is 6. The molecule has 6 nitrogen and oxygen atoms in total. The second-order valence-electron chi connectivity index (χ2n) is 7.23. The number of benzene rings is 3. The van der Waals surface area contributed by atoms with Crippen molar-refractivity contribution >= 4 is 78.1 Å². The molecular formula is C24H18N4O2S3. The van der Waals surface area contributed by atoms with Gasteiger partial charge in [0.1, 0.15) is 0 Å². The molecule has 164 valence electrons. The zero-order chi connectivity index (χ0) is 22.8. The number of nitrogens with one attached hydrogen (secondary N) is 2. The van der Waals surface area contributed by atoms with E-state index in [0.717, 1.165) is 25.3 Å². The van der Waals surface area contributed by atoms with Crippen LogP contribution >= 0.6 is 34.4 Å². The van der Waals surface area contributed by atoms with Crippen LogP contribution in [0.4, 0.5) is 10.8 Å². The van der Waals surface area contributed by atoms with Crippen LogP contribution in [0.25, 0.3) is 21.0 Å². The van der Waals surface area contributed by atoms with Crippen molar-refractivity contribution in [1.29, 1.82) is 0 Å². The van der Waals surface area contributed by atoms with Crippen molar-refractivity contribution in [3.63, 3.8) is 0 Å². The van der Waals surface area contributed by atoms with E-state index in [1.807, 2.05) is 73.0 Å². The number of carbonyl (C=O) groups excluding carboxylic acids is 2. The van der Waals surface area contributed by atoms with Crippen molar-refractivity contribution in [3.8, 4) is 0 Å². The smallest absolute Gasteiger partial charge is 0.256 e. The third-order valence-corrected chi connectivity index (χ3v) is 7.87. The van der Waals surface area contributed by atoms with Gasteiger partial charge in [0.15, 0.2) is 9.47 Å². The number of hydrogen-bond acceptors (Lipinski definition) is 7. The van der Waals surface area contributed by atoms with Crippen molar-refractivity contribution in [2.45, 2.75) is 16.5 Å². The molecule has 0 bridgehead atoms. The fourth-order valence-electron chi connectivity index (χ4n) is 3.35. The Morgan fingerprint density at radius 1 is 1.03 bits per heavy atom. The van der Waals surface area contributed by atoms with Crippen LogP contribution in [0.3, 0.4) is 0 Å². The molecule has 2 aromatic heterocycles. The van der Waals surface area contributed by atoms with Crippen LogP contribution in [-0.4, -0.2) is 27.0 Å². The van der Waals surface area contributed by atoms with Gasteiger partial charge in [0.2, 0.25) is 5.91 Å². The predicted octanol–water partition coefficient (Wildman–Crippen LogP) is 6.28. The minimum Gasteiger partial charge on any atom is -0.322 e. The summed E-state index contributed by atoms with van der Waals surface area (Å²) in [6.07, 6.45) is 1.66. The Bertz CT molecular complexity index is 1460. The summed E-state index contributed by atoms with van der Waals surface area (Å²) in [6.45, 7) is 1.84. The molecule has 1 unspecified atom stereocenters. The molecule has 0 aliphatic heterocycles. The Balaban J connectivity index is 1.31. The molecule has 0 radical (unpaired) electrons. The summed E-state index contributed by atoms with van der Waals surface area (Å²) in [7, 11) is 0. The van der Waals surface area contributed by atoms with Gasteiger partial charge in [-0.25, -0.2) is 9.97 Å². The van der Waals surface area contributed by atoms with Gasteiger partial charge in [-0.1, -0.05) is 48.2 Å². The molecule has 5 aromatic rings. The largest absolute Gasteiger partial charge is 0.322 e. The highest BCUT2D eigenvalue weighted by Gasteiger charge is 2.18. The van der Waals surface area contributed by atoms with Crippen LogP contribution in [0.1, 0.15) is 17.3 Å². The van der Waals surface area contributed by atoms with E-state index in [4.69, 9.17) is 0 Å². The van der Waals surface area contributed by atoms with Crippen molar-refractivity contribution in [2.75, 3.05) is 10.6 Å². The molecule has 2 N–H and O–H groups in total. The first-order chi connectivity index (χ1) is 16.1. The van der Waals surface area contributed by atoms with Gasteiger partial charge >= 0.3 is 0 Å². The fourth-order valence-corrected chi connectivity index (χ4v) is 6.13. The van der Waals surface area contributed by atoms with Crippen molar-refractivity contribution < 1.29 is 9.59 Å². The molecule has 5 rings (SSSR count). The minimum atomic E-state index is -0.319. The Morgan fingerprint density at radius 3 is 2.73 bits per heavy atom. The molecule has 0 aliphatic carbocycles. The molecule has 0 spiro atoms. The van der Waals surface area contributed by atoms with Crippen LogP contribution < -0.4 is 10.6 Å². The molecule has 9 heteroatoms. The van der Waals surface area contributed by atoms with Gasteiger partial charge < -0.3 is 10.6 Å². The first kappa shape index (κ1) is 21.6. The van der Waals surface area contributed by atoms with Crippen molar-refractivity contribution in [1.82, 2.24) is 9.97 Å². The lowest BCUT2D eigenvalue weighted by molar-refractivity contribution is -0.115. The highest BCUT2D eigenvalue weighted by atomic mass is 32.2. The van der Waals surface area contributed by atoms with E-state index in [1.165, 1.54) is 34.4 Å². The zero-order valence-corrected chi connectivity index (χ0v) is 19.9. The van der Waals surface area contributed by atoms with Gasteiger partial charge in [0.05, 0.1) is 15.5 Å². The Labute approximate surface area is 202 Å². The molecule has 0 saturated carbocycles. The van der Waals surface area contributed by atoms with Gasteiger partial charge in [0.25, 0.3) is 5.91 Å². The average molecular weight is 491 g/mol. The minimum absolute atomic E-state index is 0.114. The number of amides is 2. The number of hydrogen-bond donors (Lipinski definition) is 2. The van der Waals surface area contributed by atoms with E-state index in [1.54, 1.807) is 6.20 Å². The zero-order valence-electron chi connectivity index (χ0n) is 17.4. The van der Waals surface area contributed by atoms with Crippen molar-refractivity contribution in [3.05, 3.63) is 77.8 Å². The summed E-state index contributed by atoms with van der Waals surface area (Å²) in [5.74, 6) is -0.269. The SMILES string of the molecule is CC(Sc1nc2ccc(NC(=O)c3cccc4ccccc34)cc2s1)C(=O)Nc1nccs1. The number of thioether (sulfide) groups is 1. The van der Waals surface area contributed by atoms with Gasteiger partial charge in [-0.15, -0.1) is 22.7 Å². The van der Waals surface area contributed by atoms with E-state index < -0.39 is 0 Å². The lowest BCUT2D eigenvalue weighted by Gasteiger charge is -2.08. The summed E-state index contributed by atoms with van der Waals surface area (Å²) in [6, 6.07) is 19.2. The summed E-state index contributed by atoms with van der Waals surface area (Å²) >= 11 is 4.28. The lowest BCUT2D eigenvalue weighted by atomic mass is 10.0. The molecule has 0 fully saturated rings. The fraction of sp³-hybridized carbons (Fsp3) is 0.0833. The maximum atomic E-state index is 12.9. The maximum absolute atomic E-state index is 12.9. The molecule has 1 atom stereocenters. The van der Waals surface area contributed by atoms with Crippen LogP contribution in [0.15, 0.2) is 76.6 Å². The highest BCUT2D eigenvalue weighted by Crippen LogP contribution is 2.34. The van der Waals surface area contributed by atoms with Crippen molar-refractivity contribution in [2.24, 2.45) is 0 Å². The quantitative estimate of drug-likeness (QED) is 0.274. The average Bonchev–Trinajstić information content (AvgIpc) is 3.47. The maximum Gasteiger partial charge on any atom is 0.256 e. The van der Waals surface area contributed by atoms with Gasteiger partial charge in [-0.3, -0.25) is 9.59 Å². The lowest BCUT2D eigenvalue weighted by Crippen LogP contribution is -2.22. The standard InChI is InChI=1S/C24H18N4O2S3/c1-14(21(29)28-23-25-11-12-31-23)32-24-27-19-10-9-16(13-20(19)33-24)26-22(30)18-8-4-6-15-5-2-3-7-17(15)18/h2-14H,1H3,(H,26,30)(H,25,28,29). The first-order valence-electron chi connectivity index (χ1n) is 10.1. The summed E-state index contributed by atoms with van der Waals surface area (Å²) in [5.41, 5.74) is 2.17. The van der Waals surface area contributed by atoms with Gasteiger partial charge in [0, 0.05) is 22.8 Å². The second kappa shape index (κ2) is 9.30. The first-order valence-corrected chi connectivity index (χ1v) is 12.7. The third-order valence-electron chi connectivity index (χ3n) is 4.97. The molecule has 0 aliphatic rings. The number of aromatic nitrogens is 2. The van der Waals surface area contributed by atoms with E-state index in [0.29, 0.717) is 16.4 Å². The highest BCUT2D eigenvalue weighted by molar-refractivity contribution is 8.02. The summed E-state index contributed by atoms with van der Waals surface area (Å²) in [4.78, 5) is 34.1. The molecule has 0 saturated heterocycles. The summed E-state index contributed by atoms with van der Waals surface area (Å²) in [5, 5.41) is 9.84. The third kappa shape index (κ3) is 4.75. The monoisotopic (exact) mass is 490 g/mol. The topological polar surface area (TPSA) is 84.0 Å². The van der Waals surface area contributed by atoms with E-state index >= 15 is 0 Å². The Kier molecular flexibility index (Phi) is 6.08. The normalized spacial score (nSPS) is 12.0. The predicted molar refractivity (Wildman–Crippen MR) is 138 cm³/mol. The number of fused-ring (bicyclic) bond motifs is 2. The van der Waals surface area contributed by atoms with E-state index in [2.05, 4.69) is 20.6 Å². The van der Waals surface area contributed by atoms with E-state index in [9.17, 15) is 9.59 Å². The molecule has 2 heterocycles. The van der Waals surface area contributed by atoms with Crippen LogP contribution in [0.5, 0.6) is 0 Å². The van der Waals surface area contributed by atoms with Crippen LogP contribution in [-0.2, 0) is 4.79 Å². The number of carbonyl (C=O) groups is 2. The Hall–Kier alpha value is -3.27. The Morgan fingerprint density at radius 2 is 1.88 bits per heavy atom. The number of anilines is 2. The summed E-state index contributed by atoms with van der Waals surface area (Å²) < 4.78 is 1.74. The van der Waals surface area contributed by atoms with Crippen LogP contribution in [0, 0.1) is 0 Å². The number of nitrogens with zero attached hydrogens (tertiary/aromatic N) is 2. The molecule has 2 amide bonds. The number of thiazole rings is 2.